The summed E-state index contributed by atoms with van der Waals surface area (Å²) in [6.45, 7) is 2.23. The summed E-state index contributed by atoms with van der Waals surface area (Å²) < 4.78 is 1.85. The average Bonchev–Trinajstić information content (AvgIpc) is 3.31. The van der Waals surface area contributed by atoms with Crippen molar-refractivity contribution in [3.05, 3.63) is 68.9 Å². The number of nitro benzene ring substituents is 1. The summed E-state index contributed by atoms with van der Waals surface area (Å²) in [5.41, 5.74) is 3.25. The standard InChI is InChI=1S/C20H20N6O3/c27-20-23-17-10-22-19-16(6-7-21-19)18(17)25(20)15-5-2-8-24(12-15)11-13-3-1-4-14(9-13)26(28)29/h1,3-4,6-7,9-10,15H,2,5,8,11-12H2,(H,21,22)(H,23,27)/t15-/m1/s1. The Bertz CT molecular complexity index is 1270. The molecule has 0 aliphatic carbocycles. The molecule has 5 rings (SSSR count). The predicted octanol–water partition coefficient (Wildman–Crippen LogP) is 2.95. The zero-order valence-electron chi connectivity index (χ0n) is 15.7. The highest BCUT2D eigenvalue weighted by atomic mass is 16.6. The topological polar surface area (TPSA) is 113 Å². The molecule has 4 heterocycles. The number of nitrogens with zero attached hydrogens (tertiary/aromatic N) is 4. The minimum Gasteiger partial charge on any atom is -0.346 e. The number of H-pyrrole nitrogens is 2. The van der Waals surface area contributed by atoms with E-state index in [1.807, 2.05) is 22.9 Å². The molecule has 0 bridgehead atoms. The number of hydrogen-bond donors (Lipinski definition) is 2. The van der Waals surface area contributed by atoms with Crippen LogP contribution in [0.15, 0.2) is 47.5 Å². The van der Waals surface area contributed by atoms with Crippen LogP contribution in [0.5, 0.6) is 0 Å². The first-order valence-corrected chi connectivity index (χ1v) is 9.62. The third-order valence-corrected chi connectivity index (χ3v) is 5.63. The summed E-state index contributed by atoms with van der Waals surface area (Å²) in [4.78, 5) is 36.1. The van der Waals surface area contributed by atoms with Crippen LogP contribution in [0.1, 0.15) is 24.4 Å². The summed E-state index contributed by atoms with van der Waals surface area (Å²) in [6.07, 6.45) is 5.39. The second-order valence-electron chi connectivity index (χ2n) is 7.52. The molecule has 29 heavy (non-hydrogen) atoms. The molecular formula is C20H20N6O3. The maximum atomic E-state index is 12.8. The van der Waals surface area contributed by atoms with E-state index in [1.165, 1.54) is 6.07 Å². The van der Waals surface area contributed by atoms with Gasteiger partial charge in [0.2, 0.25) is 0 Å². The number of nitro groups is 1. The van der Waals surface area contributed by atoms with Gasteiger partial charge in [0.25, 0.3) is 5.69 Å². The fourth-order valence-corrected chi connectivity index (χ4v) is 4.38. The Morgan fingerprint density at radius 2 is 2.21 bits per heavy atom. The number of benzene rings is 1. The zero-order valence-corrected chi connectivity index (χ0v) is 15.7. The highest BCUT2D eigenvalue weighted by Crippen LogP contribution is 2.28. The van der Waals surface area contributed by atoms with Gasteiger partial charge in [0, 0.05) is 36.8 Å². The molecule has 1 aliphatic rings. The summed E-state index contributed by atoms with van der Waals surface area (Å²) in [6, 6.07) is 8.72. The van der Waals surface area contributed by atoms with Crippen molar-refractivity contribution in [3.63, 3.8) is 0 Å². The number of piperidine rings is 1. The van der Waals surface area contributed by atoms with E-state index in [0.717, 1.165) is 47.0 Å². The first-order valence-electron chi connectivity index (χ1n) is 9.62. The van der Waals surface area contributed by atoms with E-state index in [4.69, 9.17) is 0 Å². The van der Waals surface area contributed by atoms with Crippen molar-refractivity contribution >= 4 is 27.8 Å². The Hall–Kier alpha value is -3.46. The molecule has 9 heteroatoms. The lowest BCUT2D eigenvalue weighted by molar-refractivity contribution is -0.384. The number of nitrogens with one attached hydrogen (secondary N) is 2. The molecule has 1 fully saturated rings. The number of non-ortho nitro benzene ring substituents is 1. The van der Waals surface area contributed by atoms with E-state index < -0.39 is 0 Å². The summed E-state index contributed by atoms with van der Waals surface area (Å²) >= 11 is 0. The van der Waals surface area contributed by atoms with Crippen molar-refractivity contribution < 1.29 is 4.92 Å². The molecule has 0 unspecified atom stereocenters. The maximum absolute atomic E-state index is 12.8. The lowest BCUT2D eigenvalue weighted by Crippen LogP contribution is -2.38. The third-order valence-electron chi connectivity index (χ3n) is 5.63. The van der Waals surface area contributed by atoms with Crippen LogP contribution in [-0.4, -0.2) is 42.4 Å². The largest absolute Gasteiger partial charge is 0.346 e. The first-order chi connectivity index (χ1) is 14.1. The average molecular weight is 392 g/mol. The maximum Gasteiger partial charge on any atom is 0.326 e. The van der Waals surface area contributed by atoms with Crippen LogP contribution in [0.25, 0.3) is 22.1 Å². The van der Waals surface area contributed by atoms with E-state index in [1.54, 1.807) is 18.3 Å². The minimum atomic E-state index is -0.371. The van der Waals surface area contributed by atoms with Crippen molar-refractivity contribution in [3.8, 4) is 0 Å². The zero-order chi connectivity index (χ0) is 20.0. The van der Waals surface area contributed by atoms with Crippen molar-refractivity contribution in [2.24, 2.45) is 0 Å². The second kappa shape index (κ2) is 6.85. The molecule has 148 valence electrons. The minimum absolute atomic E-state index is 0.0317. The van der Waals surface area contributed by atoms with E-state index in [9.17, 15) is 14.9 Å². The number of aromatic nitrogens is 4. The normalized spacial score (nSPS) is 17.9. The monoisotopic (exact) mass is 392 g/mol. The molecule has 0 radical (unpaired) electrons. The van der Waals surface area contributed by atoms with Crippen LogP contribution < -0.4 is 5.69 Å². The van der Waals surface area contributed by atoms with Gasteiger partial charge in [-0.2, -0.15) is 0 Å². The quantitative estimate of drug-likeness (QED) is 0.409. The van der Waals surface area contributed by atoms with E-state index in [-0.39, 0.29) is 22.3 Å². The van der Waals surface area contributed by atoms with Crippen LogP contribution in [-0.2, 0) is 6.54 Å². The highest BCUT2D eigenvalue weighted by molar-refractivity contribution is 6.00. The summed E-state index contributed by atoms with van der Waals surface area (Å²) in [5, 5.41) is 12.0. The highest BCUT2D eigenvalue weighted by Gasteiger charge is 2.25. The number of aromatic amines is 2. The van der Waals surface area contributed by atoms with Gasteiger partial charge in [-0.15, -0.1) is 0 Å². The van der Waals surface area contributed by atoms with Gasteiger partial charge in [-0.3, -0.25) is 19.6 Å². The van der Waals surface area contributed by atoms with E-state index in [2.05, 4.69) is 19.9 Å². The Balaban J connectivity index is 1.46. The van der Waals surface area contributed by atoms with Crippen LogP contribution in [0.2, 0.25) is 0 Å². The molecule has 9 nitrogen and oxygen atoms in total. The molecule has 0 amide bonds. The Morgan fingerprint density at radius 1 is 1.31 bits per heavy atom. The lowest BCUT2D eigenvalue weighted by atomic mass is 10.0. The molecule has 0 saturated carbocycles. The SMILES string of the molecule is O=c1[nH]c2cnc3[nH]ccc3c2n1[C@@H]1CCCN(Cc2cccc([N+](=O)[O-])c2)C1. The van der Waals surface area contributed by atoms with Crippen molar-refractivity contribution in [2.75, 3.05) is 13.1 Å². The Morgan fingerprint density at radius 3 is 3.07 bits per heavy atom. The fourth-order valence-electron chi connectivity index (χ4n) is 4.38. The number of likely N-dealkylation sites (tertiary alicyclic amines) is 1. The Labute approximate surface area is 165 Å². The van der Waals surface area contributed by atoms with Gasteiger partial charge < -0.3 is 9.97 Å². The third kappa shape index (κ3) is 3.09. The molecular weight excluding hydrogens is 372 g/mol. The Kier molecular flexibility index (Phi) is 4.17. The molecule has 1 aromatic carbocycles. The molecule has 1 aliphatic heterocycles. The molecule has 0 spiro atoms. The van der Waals surface area contributed by atoms with Crippen molar-refractivity contribution in [1.82, 2.24) is 24.4 Å². The summed E-state index contributed by atoms with van der Waals surface area (Å²) in [5.74, 6) is 0. The fraction of sp³-hybridized carbons (Fsp3) is 0.300. The van der Waals surface area contributed by atoms with Crippen LogP contribution in [0, 0.1) is 10.1 Å². The van der Waals surface area contributed by atoms with Gasteiger partial charge in [-0.1, -0.05) is 12.1 Å². The van der Waals surface area contributed by atoms with Gasteiger partial charge in [0.1, 0.15) is 5.65 Å². The van der Waals surface area contributed by atoms with Gasteiger partial charge in [-0.05, 0) is 31.0 Å². The number of hydrogen-bond acceptors (Lipinski definition) is 5. The van der Waals surface area contributed by atoms with E-state index >= 15 is 0 Å². The van der Waals surface area contributed by atoms with Crippen LogP contribution in [0.4, 0.5) is 5.69 Å². The summed E-state index contributed by atoms with van der Waals surface area (Å²) in [7, 11) is 0. The number of imidazole rings is 1. The van der Waals surface area contributed by atoms with Crippen LogP contribution >= 0.6 is 0 Å². The van der Waals surface area contributed by atoms with Gasteiger partial charge in [-0.25, -0.2) is 9.78 Å². The molecule has 4 aromatic rings. The second-order valence-corrected chi connectivity index (χ2v) is 7.52. The van der Waals surface area contributed by atoms with Gasteiger partial charge in [0.15, 0.2) is 0 Å². The number of fused-ring (bicyclic) bond motifs is 3. The van der Waals surface area contributed by atoms with Crippen molar-refractivity contribution in [1.29, 1.82) is 0 Å². The van der Waals surface area contributed by atoms with Gasteiger partial charge >= 0.3 is 5.69 Å². The smallest absolute Gasteiger partial charge is 0.326 e. The molecule has 3 aromatic heterocycles. The molecule has 1 saturated heterocycles. The number of pyridine rings is 1. The predicted molar refractivity (Wildman–Crippen MR) is 109 cm³/mol. The van der Waals surface area contributed by atoms with Crippen LogP contribution in [0.3, 0.4) is 0 Å². The molecule has 1 atom stereocenters. The van der Waals surface area contributed by atoms with Crippen molar-refractivity contribution in [2.45, 2.75) is 25.4 Å². The molecule has 2 N–H and O–H groups in total. The number of rotatable bonds is 4. The van der Waals surface area contributed by atoms with E-state index in [0.29, 0.717) is 13.1 Å². The lowest BCUT2D eigenvalue weighted by Gasteiger charge is -2.33. The van der Waals surface area contributed by atoms with Gasteiger partial charge in [0.05, 0.1) is 28.2 Å². The first kappa shape index (κ1) is 17.6.